The topological polar surface area (TPSA) is 103 Å². The molecule has 0 amide bonds. The predicted molar refractivity (Wildman–Crippen MR) is 139 cm³/mol. The van der Waals surface area contributed by atoms with Crippen LogP contribution in [0.4, 0.5) is 0 Å². The molecule has 35 heavy (non-hydrogen) atoms. The lowest BCUT2D eigenvalue weighted by Crippen LogP contribution is -2.24. The van der Waals surface area contributed by atoms with Crippen molar-refractivity contribution in [2.45, 2.75) is 53.8 Å². The predicted octanol–water partition coefficient (Wildman–Crippen LogP) is 4.95. The van der Waals surface area contributed by atoms with Crippen molar-refractivity contribution >= 4 is 27.3 Å². The summed E-state index contributed by atoms with van der Waals surface area (Å²) in [6.45, 7) is 11.1. The normalized spacial score (nSPS) is 11.7. The van der Waals surface area contributed by atoms with Crippen molar-refractivity contribution < 1.29 is 9.84 Å². The first-order valence-corrected chi connectivity index (χ1v) is 12.6. The molecule has 0 aliphatic carbocycles. The van der Waals surface area contributed by atoms with Gasteiger partial charge in [0.25, 0.3) is 5.56 Å². The standard InChI is InChI=1S/C25H26BrN5O3S/c1-13-7-8-17(21-14(2)10-27-24(30-21)25(5,6)33)9-19(13)31-15(3)28-22(20(26)23(31)32)34-11-18-12-35-16(4)29-18/h7-10,12,33H,11H2,1-6H3. The van der Waals surface area contributed by atoms with E-state index in [1.165, 1.54) is 0 Å². The van der Waals surface area contributed by atoms with E-state index in [4.69, 9.17) is 4.74 Å². The molecule has 0 radical (unpaired) electrons. The van der Waals surface area contributed by atoms with Gasteiger partial charge in [-0.15, -0.1) is 11.3 Å². The highest BCUT2D eigenvalue weighted by Gasteiger charge is 2.22. The van der Waals surface area contributed by atoms with Gasteiger partial charge < -0.3 is 9.84 Å². The molecule has 0 unspecified atom stereocenters. The van der Waals surface area contributed by atoms with Gasteiger partial charge in [-0.25, -0.2) is 15.0 Å². The summed E-state index contributed by atoms with van der Waals surface area (Å²) in [7, 11) is 0. The minimum absolute atomic E-state index is 0.226. The molecule has 0 spiro atoms. The number of thiazole rings is 1. The van der Waals surface area contributed by atoms with Gasteiger partial charge in [0.1, 0.15) is 22.5 Å². The Labute approximate surface area is 215 Å². The molecule has 3 aromatic heterocycles. The van der Waals surface area contributed by atoms with E-state index in [-0.39, 0.29) is 22.5 Å². The van der Waals surface area contributed by atoms with Gasteiger partial charge in [-0.2, -0.15) is 4.98 Å². The highest BCUT2D eigenvalue weighted by atomic mass is 79.9. The molecule has 0 saturated carbocycles. The fraction of sp³-hybridized carbons (Fsp3) is 0.320. The van der Waals surface area contributed by atoms with E-state index in [1.54, 1.807) is 42.9 Å². The fourth-order valence-corrected chi connectivity index (χ4v) is 4.58. The Balaban J connectivity index is 1.76. The second kappa shape index (κ2) is 9.60. The molecule has 4 aromatic rings. The van der Waals surface area contributed by atoms with Crippen LogP contribution in [0.5, 0.6) is 5.88 Å². The van der Waals surface area contributed by atoms with Crippen LogP contribution in [-0.2, 0) is 12.2 Å². The molecule has 0 saturated heterocycles. The lowest BCUT2D eigenvalue weighted by Gasteiger charge is -2.18. The molecule has 0 atom stereocenters. The summed E-state index contributed by atoms with van der Waals surface area (Å²) in [5.41, 5.74) is 3.27. The van der Waals surface area contributed by atoms with Crippen molar-refractivity contribution in [3.8, 4) is 22.8 Å². The number of hydrogen-bond acceptors (Lipinski definition) is 8. The van der Waals surface area contributed by atoms with Crippen LogP contribution in [0.3, 0.4) is 0 Å². The molecule has 0 aliphatic rings. The van der Waals surface area contributed by atoms with Crippen LogP contribution in [0.15, 0.2) is 39.0 Å². The smallest absolute Gasteiger partial charge is 0.276 e. The van der Waals surface area contributed by atoms with Crippen molar-refractivity contribution in [3.05, 3.63) is 78.1 Å². The summed E-state index contributed by atoms with van der Waals surface area (Å²) in [5, 5.41) is 13.2. The van der Waals surface area contributed by atoms with Crippen LogP contribution in [0.1, 0.15) is 47.3 Å². The van der Waals surface area contributed by atoms with Crippen molar-refractivity contribution in [2.75, 3.05) is 0 Å². The second-order valence-electron chi connectivity index (χ2n) is 8.85. The van der Waals surface area contributed by atoms with Gasteiger partial charge in [0, 0.05) is 17.1 Å². The van der Waals surface area contributed by atoms with E-state index in [2.05, 4.69) is 35.9 Å². The molecule has 1 aromatic carbocycles. The van der Waals surface area contributed by atoms with E-state index >= 15 is 0 Å². The number of rotatable bonds is 6. The molecular formula is C25H26BrN5O3S. The minimum atomic E-state index is -1.18. The molecule has 0 aliphatic heterocycles. The first-order chi connectivity index (χ1) is 16.5. The van der Waals surface area contributed by atoms with Gasteiger partial charge in [0.15, 0.2) is 5.82 Å². The summed E-state index contributed by atoms with van der Waals surface area (Å²) >= 11 is 4.93. The van der Waals surface area contributed by atoms with E-state index in [0.29, 0.717) is 23.0 Å². The number of aliphatic hydroxyl groups is 1. The van der Waals surface area contributed by atoms with Gasteiger partial charge in [-0.3, -0.25) is 9.36 Å². The van der Waals surface area contributed by atoms with Gasteiger partial charge >= 0.3 is 0 Å². The summed E-state index contributed by atoms with van der Waals surface area (Å²) in [4.78, 5) is 31.2. The van der Waals surface area contributed by atoms with Crippen molar-refractivity contribution in [2.24, 2.45) is 0 Å². The number of benzene rings is 1. The van der Waals surface area contributed by atoms with Crippen LogP contribution >= 0.6 is 27.3 Å². The minimum Gasteiger partial charge on any atom is -0.470 e. The number of hydrogen-bond donors (Lipinski definition) is 1. The average Bonchev–Trinajstić information content (AvgIpc) is 3.21. The highest BCUT2D eigenvalue weighted by molar-refractivity contribution is 9.10. The maximum Gasteiger partial charge on any atom is 0.276 e. The number of nitrogens with zero attached hydrogens (tertiary/aromatic N) is 5. The van der Waals surface area contributed by atoms with Crippen LogP contribution in [-0.4, -0.2) is 29.6 Å². The van der Waals surface area contributed by atoms with Crippen molar-refractivity contribution in [1.82, 2.24) is 24.5 Å². The lowest BCUT2D eigenvalue weighted by molar-refractivity contribution is 0.0688. The molecule has 0 fully saturated rings. The Bertz CT molecular complexity index is 1470. The molecule has 182 valence electrons. The Morgan fingerprint density at radius 1 is 1.11 bits per heavy atom. The molecule has 8 nitrogen and oxygen atoms in total. The Morgan fingerprint density at radius 2 is 1.86 bits per heavy atom. The summed E-state index contributed by atoms with van der Waals surface area (Å²) < 4.78 is 7.60. The van der Waals surface area contributed by atoms with E-state index in [0.717, 1.165) is 27.4 Å². The summed E-state index contributed by atoms with van der Waals surface area (Å²) in [6.07, 6.45) is 1.70. The Morgan fingerprint density at radius 3 is 2.51 bits per heavy atom. The number of aryl methyl sites for hydroxylation is 4. The molecule has 4 rings (SSSR count). The average molecular weight is 556 g/mol. The third-order valence-electron chi connectivity index (χ3n) is 5.43. The zero-order valence-corrected chi connectivity index (χ0v) is 22.8. The van der Waals surface area contributed by atoms with E-state index < -0.39 is 5.60 Å². The van der Waals surface area contributed by atoms with Crippen LogP contribution in [0, 0.1) is 27.7 Å². The highest BCUT2D eigenvalue weighted by Crippen LogP contribution is 2.29. The summed E-state index contributed by atoms with van der Waals surface area (Å²) in [6, 6.07) is 5.78. The summed E-state index contributed by atoms with van der Waals surface area (Å²) in [5.74, 6) is 1.04. The quantitative estimate of drug-likeness (QED) is 0.359. The SMILES string of the molecule is Cc1nc(COc2nc(C)n(-c3cc(-c4nc(C(C)(C)O)ncc4C)ccc3C)c(=O)c2Br)cs1. The molecule has 0 bridgehead atoms. The zero-order valence-electron chi connectivity index (χ0n) is 20.4. The van der Waals surface area contributed by atoms with E-state index in [1.807, 2.05) is 44.4 Å². The Hall–Kier alpha value is -2.95. The largest absolute Gasteiger partial charge is 0.470 e. The van der Waals surface area contributed by atoms with Crippen molar-refractivity contribution in [1.29, 1.82) is 0 Å². The van der Waals surface area contributed by atoms with E-state index in [9.17, 15) is 9.90 Å². The Kier molecular flexibility index (Phi) is 6.90. The maximum absolute atomic E-state index is 13.4. The monoisotopic (exact) mass is 555 g/mol. The first-order valence-electron chi connectivity index (χ1n) is 11.0. The molecule has 3 heterocycles. The van der Waals surface area contributed by atoms with Gasteiger partial charge in [0.2, 0.25) is 5.88 Å². The third kappa shape index (κ3) is 5.19. The third-order valence-corrected chi connectivity index (χ3v) is 6.93. The van der Waals surface area contributed by atoms with Crippen LogP contribution in [0.2, 0.25) is 0 Å². The molecule has 1 N–H and O–H groups in total. The maximum atomic E-state index is 13.4. The van der Waals surface area contributed by atoms with Crippen LogP contribution in [0.25, 0.3) is 16.9 Å². The zero-order chi connectivity index (χ0) is 25.5. The molecular weight excluding hydrogens is 530 g/mol. The number of halogens is 1. The van der Waals surface area contributed by atoms with Gasteiger partial charge in [0.05, 0.1) is 22.1 Å². The van der Waals surface area contributed by atoms with Gasteiger partial charge in [-0.1, -0.05) is 12.1 Å². The fourth-order valence-electron chi connectivity index (χ4n) is 3.61. The van der Waals surface area contributed by atoms with Gasteiger partial charge in [-0.05, 0) is 74.7 Å². The van der Waals surface area contributed by atoms with Crippen LogP contribution < -0.4 is 10.3 Å². The first kappa shape index (κ1) is 25.2. The number of ether oxygens (including phenoxy) is 1. The second-order valence-corrected chi connectivity index (χ2v) is 10.7. The van der Waals surface area contributed by atoms with Crippen molar-refractivity contribution in [3.63, 3.8) is 0 Å². The lowest BCUT2D eigenvalue weighted by atomic mass is 10.0. The molecule has 10 heteroatoms. The number of aromatic nitrogens is 5.